The molecule has 138 valence electrons. The first-order chi connectivity index (χ1) is 12.1. The molecular weight excluding hydrogens is 314 g/mol. The zero-order chi connectivity index (χ0) is 18.1. The van der Waals surface area contributed by atoms with Crippen molar-refractivity contribution in [3.8, 4) is 0 Å². The molecule has 1 heterocycles. The van der Waals surface area contributed by atoms with Crippen molar-refractivity contribution < 1.29 is 4.79 Å². The van der Waals surface area contributed by atoms with E-state index >= 15 is 0 Å². The minimum atomic E-state index is -0.151. The van der Waals surface area contributed by atoms with Gasteiger partial charge in [0.1, 0.15) is 0 Å². The molecule has 25 heavy (non-hydrogen) atoms. The number of nitrogens with one attached hydrogen (secondary N) is 1. The monoisotopic (exact) mass is 345 g/mol. The number of benzene rings is 1. The lowest BCUT2D eigenvalue weighted by Gasteiger charge is -2.30. The highest BCUT2D eigenvalue weighted by atomic mass is 16.1. The Labute approximate surface area is 150 Å². The number of aliphatic imine (C=N–C) groups is 1. The molecule has 0 spiro atoms. The number of carbonyl (C=O) groups is 1. The molecule has 1 saturated heterocycles. The molecule has 6 nitrogen and oxygen atoms in total. The molecule has 1 amide bonds. The van der Waals surface area contributed by atoms with E-state index in [-0.39, 0.29) is 11.8 Å². The van der Waals surface area contributed by atoms with Crippen LogP contribution in [0.5, 0.6) is 0 Å². The van der Waals surface area contributed by atoms with Crippen LogP contribution in [0.1, 0.15) is 38.2 Å². The lowest BCUT2D eigenvalue weighted by Crippen LogP contribution is -2.38. The van der Waals surface area contributed by atoms with E-state index < -0.39 is 0 Å². The standard InChI is InChI=1S/C19H31N5O/c1-2-15-6-5-7-17(14-15)23-19(21)22-10-3-4-11-24-12-8-16(9-13-24)18(20)25/h5-7,14,16H,2-4,8-13H2,1H3,(H2,20,25)(H3,21,22,23). The van der Waals surface area contributed by atoms with Gasteiger partial charge in [-0.05, 0) is 69.4 Å². The Morgan fingerprint density at radius 1 is 1.28 bits per heavy atom. The summed E-state index contributed by atoms with van der Waals surface area (Å²) in [5.74, 6) is 0.384. The minimum absolute atomic E-state index is 0.0675. The van der Waals surface area contributed by atoms with Crippen molar-refractivity contribution in [1.29, 1.82) is 0 Å². The molecule has 0 saturated carbocycles. The number of guanidine groups is 1. The van der Waals surface area contributed by atoms with Gasteiger partial charge in [-0.2, -0.15) is 0 Å². The predicted molar refractivity (Wildman–Crippen MR) is 104 cm³/mol. The van der Waals surface area contributed by atoms with Gasteiger partial charge in [-0.3, -0.25) is 9.79 Å². The smallest absolute Gasteiger partial charge is 0.220 e. The van der Waals surface area contributed by atoms with E-state index in [0.29, 0.717) is 5.96 Å². The first-order valence-electron chi connectivity index (χ1n) is 9.26. The highest BCUT2D eigenvalue weighted by molar-refractivity contribution is 5.92. The molecule has 0 atom stereocenters. The number of aryl methyl sites for hydroxylation is 1. The molecule has 1 aromatic rings. The normalized spacial score (nSPS) is 16.8. The predicted octanol–water partition coefficient (Wildman–Crippen LogP) is 1.95. The number of nitrogens with two attached hydrogens (primary N) is 2. The first kappa shape index (κ1) is 19.2. The van der Waals surface area contributed by atoms with E-state index in [2.05, 4.69) is 34.3 Å². The molecule has 2 rings (SSSR count). The Bertz CT molecular complexity index is 579. The molecule has 1 aliphatic rings. The van der Waals surface area contributed by atoms with Crippen LogP contribution in [0.2, 0.25) is 0 Å². The number of nitrogens with zero attached hydrogens (tertiary/aromatic N) is 2. The van der Waals surface area contributed by atoms with Gasteiger partial charge in [0.2, 0.25) is 5.91 Å². The average Bonchev–Trinajstić information content (AvgIpc) is 2.62. The summed E-state index contributed by atoms with van der Waals surface area (Å²) in [6.07, 6.45) is 4.88. The molecule has 0 bridgehead atoms. The number of carbonyl (C=O) groups excluding carboxylic acids is 1. The topological polar surface area (TPSA) is 96.7 Å². The van der Waals surface area contributed by atoms with Crippen molar-refractivity contribution in [2.45, 2.75) is 39.0 Å². The van der Waals surface area contributed by atoms with Crippen LogP contribution >= 0.6 is 0 Å². The van der Waals surface area contributed by atoms with Crippen LogP contribution in [-0.4, -0.2) is 42.9 Å². The van der Waals surface area contributed by atoms with Gasteiger partial charge in [0.05, 0.1) is 0 Å². The Hall–Kier alpha value is -2.08. The highest BCUT2D eigenvalue weighted by Crippen LogP contribution is 2.16. The molecular formula is C19H31N5O. The fourth-order valence-electron chi connectivity index (χ4n) is 3.14. The fraction of sp³-hybridized carbons (Fsp3) is 0.579. The molecule has 0 aromatic heterocycles. The lowest BCUT2D eigenvalue weighted by atomic mass is 9.96. The van der Waals surface area contributed by atoms with Crippen molar-refractivity contribution >= 4 is 17.6 Å². The summed E-state index contributed by atoms with van der Waals surface area (Å²) >= 11 is 0. The number of anilines is 1. The van der Waals surface area contributed by atoms with Crippen LogP contribution < -0.4 is 16.8 Å². The number of hydrogen-bond donors (Lipinski definition) is 3. The van der Waals surface area contributed by atoms with Gasteiger partial charge >= 0.3 is 0 Å². The molecule has 6 heteroatoms. The van der Waals surface area contributed by atoms with E-state index in [4.69, 9.17) is 11.5 Å². The highest BCUT2D eigenvalue weighted by Gasteiger charge is 2.22. The van der Waals surface area contributed by atoms with Crippen LogP contribution in [0.15, 0.2) is 29.3 Å². The summed E-state index contributed by atoms with van der Waals surface area (Å²) in [7, 11) is 0. The van der Waals surface area contributed by atoms with E-state index in [0.717, 1.165) is 64.0 Å². The van der Waals surface area contributed by atoms with Gasteiger partial charge < -0.3 is 21.7 Å². The van der Waals surface area contributed by atoms with Crippen LogP contribution in [0.25, 0.3) is 0 Å². The van der Waals surface area contributed by atoms with Gasteiger partial charge in [0, 0.05) is 18.2 Å². The third-order valence-electron chi connectivity index (χ3n) is 4.76. The Kier molecular flexibility index (Phi) is 7.73. The SMILES string of the molecule is CCc1cccc(NC(N)=NCCCCN2CCC(C(N)=O)CC2)c1. The molecule has 0 radical (unpaired) electrons. The largest absolute Gasteiger partial charge is 0.370 e. The Balaban J connectivity index is 1.61. The molecule has 0 unspecified atom stereocenters. The van der Waals surface area contributed by atoms with E-state index in [1.54, 1.807) is 0 Å². The summed E-state index contributed by atoms with van der Waals surface area (Å²) in [6, 6.07) is 8.22. The van der Waals surface area contributed by atoms with Crippen molar-refractivity contribution in [2.75, 3.05) is 31.5 Å². The maximum atomic E-state index is 11.2. The molecule has 1 fully saturated rings. The number of hydrogen-bond acceptors (Lipinski definition) is 3. The number of rotatable bonds is 8. The Morgan fingerprint density at radius 3 is 2.72 bits per heavy atom. The van der Waals surface area contributed by atoms with E-state index in [9.17, 15) is 4.79 Å². The summed E-state index contributed by atoms with van der Waals surface area (Å²) in [5.41, 5.74) is 13.6. The zero-order valence-corrected chi connectivity index (χ0v) is 15.2. The van der Waals surface area contributed by atoms with Crippen molar-refractivity contribution in [2.24, 2.45) is 22.4 Å². The van der Waals surface area contributed by atoms with Gasteiger partial charge in [-0.1, -0.05) is 19.1 Å². The van der Waals surface area contributed by atoms with Crippen LogP contribution in [0.4, 0.5) is 5.69 Å². The van der Waals surface area contributed by atoms with Crippen molar-refractivity contribution in [3.63, 3.8) is 0 Å². The van der Waals surface area contributed by atoms with Crippen molar-refractivity contribution in [3.05, 3.63) is 29.8 Å². The number of amides is 1. The summed E-state index contributed by atoms with van der Waals surface area (Å²) < 4.78 is 0. The molecule has 1 aromatic carbocycles. The number of likely N-dealkylation sites (tertiary alicyclic amines) is 1. The molecule has 5 N–H and O–H groups in total. The Morgan fingerprint density at radius 2 is 2.04 bits per heavy atom. The van der Waals surface area contributed by atoms with E-state index in [1.165, 1.54) is 5.56 Å². The molecule has 0 aliphatic carbocycles. The fourth-order valence-corrected chi connectivity index (χ4v) is 3.14. The van der Waals surface area contributed by atoms with E-state index in [1.807, 2.05) is 12.1 Å². The second-order valence-electron chi connectivity index (χ2n) is 6.67. The van der Waals surface area contributed by atoms with Crippen molar-refractivity contribution in [1.82, 2.24) is 4.90 Å². The summed E-state index contributed by atoms with van der Waals surface area (Å²) in [5, 5.41) is 3.15. The maximum Gasteiger partial charge on any atom is 0.220 e. The van der Waals surface area contributed by atoms with Crippen LogP contribution in [0.3, 0.4) is 0 Å². The quantitative estimate of drug-likeness (QED) is 0.381. The number of primary amides is 1. The van der Waals surface area contributed by atoms with Gasteiger partial charge in [-0.25, -0.2) is 0 Å². The van der Waals surface area contributed by atoms with Gasteiger partial charge in [0.15, 0.2) is 5.96 Å². The lowest BCUT2D eigenvalue weighted by molar-refractivity contribution is -0.123. The number of piperidine rings is 1. The maximum absolute atomic E-state index is 11.2. The summed E-state index contributed by atoms with van der Waals surface area (Å²) in [6.45, 7) is 5.84. The number of unbranched alkanes of at least 4 members (excludes halogenated alkanes) is 1. The average molecular weight is 345 g/mol. The second-order valence-corrected chi connectivity index (χ2v) is 6.67. The second kappa shape index (κ2) is 10.0. The van der Waals surface area contributed by atoms with Crippen LogP contribution in [0, 0.1) is 5.92 Å². The minimum Gasteiger partial charge on any atom is -0.370 e. The van der Waals surface area contributed by atoms with Gasteiger partial charge in [-0.15, -0.1) is 0 Å². The van der Waals surface area contributed by atoms with Crippen LogP contribution in [-0.2, 0) is 11.2 Å². The third kappa shape index (κ3) is 6.74. The third-order valence-corrected chi connectivity index (χ3v) is 4.76. The van der Waals surface area contributed by atoms with Gasteiger partial charge in [0.25, 0.3) is 0 Å². The molecule has 1 aliphatic heterocycles. The zero-order valence-electron chi connectivity index (χ0n) is 15.2. The first-order valence-corrected chi connectivity index (χ1v) is 9.26. The summed E-state index contributed by atoms with van der Waals surface area (Å²) in [4.78, 5) is 18.0.